The molecule has 2 heterocycles. The largest absolute Gasteiger partial charge is 0.467 e. The lowest BCUT2D eigenvalue weighted by Crippen LogP contribution is -2.28. The fourth-order valence-corrected chi connectivity index (χ4v) is 4.60. The molecule has 0 fully saturated rings. The zero-order chi connectivity index (χ0) is 22.0. The number of hydrogen-bond donors (Lipinski definition) is 0. The van der Waals surface area contributed by atoms with Gasteiger partial charge >= 0.3 is 0 Å². The Kier molecular flexibility index (Phi) is 6.15. The summed E-state index contributed by atoms with van der Waals surface area (Å²) in [5, 5.41) is 0.793. The molecular weight excluding hydrogens is 434 g/mol. The number of amides is 1. The van der Waals surface area contributed by atoms with Gasteiger partial charge in [0.15, 0.2) is 5.16 Å². The molecule has 0 radical (unpaired) electrons. The summed E-state index contributed by atoms with van der Waals surface area (Å²) >= 11 is 7.38. The zero-order valence-electron chi connectivity index (χ0n) is 17.0. The van der Waals surface area contributed by atoms with Crippen molar-refractivity contribution in [3.05, 3.63) is 93.6 Å². The van der Waals surface area contributed by atoms with Gasteiger partial charge in [0.1, 0.15) is 11.0 Å². The van der Waals surface area contributed by atoms with E-state index in [1.165, 1.54) is 16.7 Å². The topological polar surface area (TPSA) is 68.3 Å². The summed E-state index contributed by atoms with van der Waals surface area (Å²) < 4.78 is 7.00. The normalized spacial score (nSPS) is 12.1. The van der Waals surface area contributed by atoms with Crippen LogP contribution in [-0.4, -0.2) is 34.5 Å². The van der Waals surface area contributed by atoms with Crippen molar-refractivity contribution in [2.75, 3.05) is 14.1 Å². The summed E-state index contributed by atoms with van der Waals surface area (Å²) in [5.74, 6) is 0.524. The number of carbonyl (C=O) groups is 1. The first-order chi connectivity index (χ1) is 14.9. The molecule has 0 aliphatic carbocycles. The SMILES string of the molecule is CN(C)C(=O)[C@H](Sc1nc2cc(Cl)ccc2c(=O)n1Cc1ccco1)c1ccccc1. The van der Waals surface area contributed by atoms with Crippen LogP contribution in [0.15, 0.2) is 81.3 Å². The molecule has 0 aliphatic rings. The predicted octanol–water partition coefficient (Wildman–Crippen LogP) is 4.61. The number of furan rings is 1. The lowest BCUT2D eigenvalue weighted by atomic mass is 10.1. The van der Waals surface area contributed by atoms with Crippen molar-refractivity contribution in [2.45, 2.75) is 17.0 Å². The molecule has 0 unspecified atom stereocenters. The van der Waals surface area contributed by atoms with E-state index in [9.17, 15) is 9.59 Å². The quantitative estimate of drug-likeness (QED) is 0.315. The van der Waals surface area contributed by atoms with Crippen LogP contribution in [0.5, 0.6) is 0 Å². The average molecular weight is 454 g/mol. The highest BCUT2D eigenvalue weighted by Gasteiger charge is 2.26. The molecule has 4 rings (SSSR count). The Bertz CT molecular complexity index is 1270. The molecule has 1 atom stereocenters. The number of rotatable bonds is 6. The molecule has 8 heteroatoms. The standard InChI is InChI=1S/C23H20ClN3O3S/c1-26(2)22(29)20(15-7-4-3-5-8-15)31-23-25-19-13-16(24)10-11-18(19)21(28)27(23)14-17-9-6-12-30-17/h3-13,20H,14H2,1-2H3/t20-/m1/s1. The summed E-state index contributed by atoms with van der Waals surface area (Å²) in [6, 6.07) is 18.0. The third-order valence-corrected chi connectivity index (χ3v) is 6.23. The number of halogens is 1. The number of likely N-dealkylation sites (N-methyl/N-ethyl adjacent to an activating group) is 1. The lowest BCUT2D eigenvalue weighted by Gasteiger charge is -2.22. The molecule has 1 amide bonds. The number of nitrogens with zero attached hydrogens (tertiary/aromatic N) is 3. The van der Waals surface area contributed by atoms with Gasteiger partial charge < -0.3 is 9.32 Å². The van der Waals surface area contributed by atoms with Crippen molar-refractivity contribution in [3.63, 3.8) is 0 Å². The third-order valence-electron chi connectivity index (χ3n) is 4.77. The summed E-state index contributed by atoms with van der Waals surface area (Å²) in [6.07, 6.45) is 1.56. The Balaban J connectivity index is 1.87. The van der Waals surface area contributed by atoms with Gasteiger partial charge in [0.05, 0.1) is 23.7 Å². The lowest BCUT2D eigenvalue weighted by molar-refractivity contribution is -0.128. The first kappa shape index (κ1) is 21.2. The van der Waals surface area contributed by atoms with Gasteiger partial charge in [0.2, 0.25) is 5.91 Å². The second-order valence-corrected chi connectivity index (χ2v) is 8.68. The fourth-order valence-electron chi connectivity index (χ4n) is 3.19. The maximum absolute atomic E-state index is 13.3. The van der Waals surface area contributed by atoms with E-state index < -0.39 is 5.25 Å². The Hall–Kier alpha value is -3.03. The number of fused-ring (bicyclic) bond motifs is 1. The monoisotopic (exact) mass is 453 g/mol. The van der Waals surface area contributed by atoms with E-state index in [2.05, 4.69) is 0 Å². The molecule has 0 saturated heterocycles. The summed E-state index contributed by atoms with van der Waals surface area (Å²) in [7, 11) is 3.42. The van der Waals surface area contributed by atoms with E-state index in [0.29, 0.717) is 26.8 Å². The van der Waals surface area contributed by atoms with Gasteiger partial charge in [-0.05, 0) is 35.9 Å². The van der Waals surface area contributed by atoms with Crippen LogP contribution in [-0.2, 0) is 11.3 Å². The van der Waals surface area contributed by atoms with Gasteiger partial charge in [0, 0.05) is 19.1 Å². The van der Waals surface area contributed by atoms with Crippen molar-refractivity contribution in [1.29, 1.82) is 0 Å². The molecule has 2 aromatic carbocycles. The van der Waals surface area contributed by atoms with Gasteiger partial charge in [-0.1, -0.05) is 53.7 Å². The maximum Gasteiger partial charge on any atom is 0.262 e. The second kappa shape index (κ2) is 8.99. The molecule has 0 saturated carbocycles. The first-order valence-corrected chi connectivity index (χ1v) is 10.8. The third kappa shape index (κ3) is 4.52. The molecule has 6 nitrogen and oxygen atoms in total. The van der Waals surface area contributed by atoms with Crippen molar-refractivity contribution >= 4 is 40.2 Å². The van der Waals surface area contributed by atoms with Gasteiger partial charge in [-0.15, -0.1) is 0 Å². The number of thioether (sulfide) groups is 1. The van der Waals surface area contributed by atoms with Crippen LogP contribution in [0, 0.1) is 0 Å². The predicted molar refractivity (Wildman–Crippen MR) is 123 cm³/mol. The number of carbonyl (C=O) groups excluding carboxylic acids is 1. The van der Waals surface area contributed by atoms with Gasteiger partial charge in [0.25, 0.3) is 5.56 Å². The first-order valence-electron chi connectivity index (χ1n) is 9.59. The minimum atomic E-state index is -0.567. The zero-order valence-corrected chi connectivity index (χ0v) is 18.6. The summed E-state index contributed by atoms with van der Waals surface area (Å²) in [4.78, 5) is 32.6. The fraction of sp³-hybridized carbons (Fsp3) is 0.174. The summed E-state index contributed by atoms with van der Waals surface area (Å²) in [6.45, 7) is 0.206. The van der Waals surface area contributed by atoms with Crippen LogP contribution < -0.4 is 5.56 Å². The molecular formula is C23H20ClN3O3S. The van der Waals surface area contributed by atoms with E-state index in [4.69, 9.17) is 21.0 Å². The average Bonchev–Trinajstić information content (AvgIpc) is 3.27. The highest BCUT2D eigenvalue weighted by molar-refractivity contribution is 8.00. The number of hydrogen-bond acceptors (Lipinski definition) is 5. The Labute approximate surface area is 188 Å². The van der Waals surface area contributed by atoms with E-state index in [1.807, 2.05) is 30.3 Å². The van der Waals surface area contributed by atoms with Gasteiger partial charge in [-0.2, -0.15) is 0 Å². The maximum atomic E-state index is 13.3. The minimum absolute atomic E-state index is 0.0961. The molecule has 4 aromatic rings. The van der Waals surface area contributed by atoms with Crippen LogP contribution in [0.25, 0.3) is 10.9 Å². The molecule has 0 spiro atoms. The van der Waals surface area contributed by atoms with Crippen LogP contribution >= 0.6 is 23.4 Å². The Morgan fingerprint density at radius 2 is 1.94 bits per heavy atom. The smallest absolute Gasteiger partial charge is 0.262 e. The molecule has 0 aliphatic heterocycles. The van der Waals surface area contributed by atoms with E-state index in [0.717, 1.165) is 5.56 Å². The molecule has 2 aromatic heterocycles. The van der Waals surface area contributed by atoms with Crippen molar-refractivity contribution < 1.29 is 9.21 Å². The summed E-state index contributed by atoms with van der Waals surface area (Å²) in [5.41, 5.74) is 1.10. The van der Waals surface area contributed by atoms with E-state index in [-0.39, 0.29) is 18.0 Å². The van der Waals surface area contributed by atoms with Crippen LogP contribution in [0.1, 0.15) is 16.6 Å². The number of benzene rings is 2. The van der Waals surface area contributed by atoms with Gasteiger partial charge in [-0.3, -0.25) is 14.2 Å². The van der Waals surface area contributed by atoms with Crippen molar-refractivity contribution in [1.82, 2.24) is 14.5 Å². The minimum Gasteiger partial charge on any atom is -0.467 e. The molecule has 0 N–H and O–H groups in total. The number of aromatic nitrogens is 2. The van der Waals surface area contributed by atoms with Crippen LogP contribution in [0.4, 0.5) is 0 Å². The van der Waals surface area contributed by atoms with Crippen molar-refractivity contribution in [3.8, 4) is 0 Å². The Morgan fingerprint density at radius 1 is 1.16 bits per heavy atom. The van der Waals surface area contributed by atoms with Crippen molar-refractivity contribution in [2.24, 2.45) is 0 Å². The molecule has 0 bridgehead atoms. The van der Waals surface area contributed by atoms with E-state index in [1.54, 1.807) is 55.3 Å². The second-order valence-electron chi connectivity index (χ2n) is 7.17. The van der Waals surface area contributed by atoms with E-state index >= 15 is 0 Å². The highest BCUT2D eigenvalue weighted by Crippen LogP contribution is 2.36. The highest BCUT2D eigenvalue weighted by atomic mass is 35.5. The molecule has 31 heavy (non-hydrogen) atoms. The van der Waals surface area contributed by atoms with Gasteiger partial charge in [-0.25, -0.2) is 4.98 Å². The molecule has 158 valence electrons. The van der Waals surface area contributed by atoms with Crippen LogP contribution in [0.2, 0.25) is 5.02 Å². The Morgan fingerprint density at radius 3 is 2.61 bits per heavy atom. The van der Waals surface area contributed by atoms with Crippen LogP contribution in [0.3, 0.4) is 0 Å².